The van der Waals surface area contributed by atoms with Gasteiger partial charge in [0.2, 0.25) is 0 Å². The van der Waals surface area contributed by atoms with Crippen LogP contribution in [0.3, 0.4) is 0 Å². The van der Waals surface area contributed by atoms with Crippen LogP contribution in [0.4, 0.5) is 0 Å². The molecule has 0 spiro atoms. The number of rotatable bonds is 2. The van der Waals surface area contributed by atoms with Crippen LogP contribution in [-0.4, -0.2) is 11.7 Å². The first-order chi connectivity index (χ1) is 3.35. The highest BCUT2D eigenvalue weighted by Gasteiger charge is 1.90. The van der Waals surface area contributed by atoms with Gasteiger partial charge >= 0.3 is 0 Å². The molecular formula is C6H8O. The summed E-state index contributed by atoms with van der Waals surface area (Å²) in [5.74, 6) is 2.17. The fourth-order valence-electron chi connectivity index (χ4n) is 0.195. The highest BCUT2D eigenvalue weighted by molar-refractivity contribution is 5.01. The molecular weight excluding hydrogens is 88.1 g/mol. The minimum atomic E-state index is -0.167. The van der Waals surface area contributed by atoms with E-state index in [1.54, 1.807) is 6.08 Å². The number of hydrogen-bond donors (Lipinski definition) is 1. The molecule has 7 heavy (non-hydrogen) atoms. The second kappa shape index (κ2) is 3.45. The third kappa shape index (κ3) is 2.02. The zero-order valence-corrected chi connectivity index (χ0v) is 4.09. The van der Waals surface area contributed by atoms with Crippen molar-refractivity contribution in [2.45, 2.75) is 0 Å². The van der Waals surface area contributed by atoms with Gasteiger partial charge in [-0.1, -0.05) is 12.0 Å². The maximum Gasteiger partial charge on any atom is 0.0608 e. The Morgan fingerprint density at radius 1 is 2.00 bits per heavy atom. The molecule has 0 saturated heterocycles. The van der Waals surface area contributed by atoms with Gasteiger partial charge in [0.15, 0.2) is 0 Å². The molecule has 0 bridgehead atoms. The van der Waals surface area contributed by atoms with Crippen molar-refractivity contribution in [3.8, 4) is 12.3 Å². The van der Waals surface area contributed by atoms with Crippen LogP contribution in [0.25, 0.3) is 0 Å². The second-order valence-corrected chi connectivity index (χ2v) is 1.19. The highest BCUT2D eigenvalue weighted by atomic mass is 16.3. The molecule has 0 aliphatic carbocycles. The fourth-order valence-corrected chi connectivity index (χ4v) is 0.195. The molecule has 38 valence electrons. The Hall–Kier alpha value is -0.740. The van der Waals surface area contributed by atoms with Gasteiger partial charge in [0.1, 0.15) is 0 Å². The van der Waals surface area contributed by atoms with Crippen LogP contribution >= 0.6 is 0 Å². The minimum Gasteiger partial charge on any atom is -0.395 e. The lowest BCUT2D eigenvalue weighted by atomic mass is 10.2. The van der Waals surface area contributed by atoms with Gasteiger partial charge < -0.3 is 5.11 Å². The van der Waals surface area contributed by atoms with Gasteiger partial charge in [-0.25, -0.2) is 0 Å². The van der Waals surface area contributed by atoms with E-state index >= 15 is 0 Å². The molecule has 1 atom stereocenters. The normalized spacial score (nSPS) is 12.0. The van der Waals surface area contributed by atoms with E-state index in [0.29, 0.717) is 0 Å². The Morgan fingerprint density at radius 3 is 2.57 bits per heavy atom. The maximum absolute atomic E-state index is 8.31. The summed E-state index contributed by atoms with van der Waals surface area (Å²) in [6.45, 7) is 3.40. The SMILES string of the molecule is C#CC(C=C)CO. The van der Waals surface area contributed by atoms with Crippen molar-refractivity contribution >= 4 is 0 Å². The molecule has 1 nitrogen and oxygen atoms in total. The van der Waals surface area contributed by atoms with Gasteiger partial charge in [-0.3, -0.25) is 0 Å². The molecule has 0 aromatic carbocycles. The Bertz CT molecular complexity index is 88.8. The lowest BCUT2D eigenvalue weighted by Crippen LogP contribution is -1.96. The first-order valence-corrected chi connectivity index (χ1v) is 2.04. The summed E-state index contributed by atoms with van der Waals surface area (Å²) in [5, 5.41) is 8.31. The summed E-state index contributed by atoms with van der Waals surface area (Å²) >= 11 is 0. The average Bonchev–Trinajstić information content (AvgIpc) is 1.72. The van der Waals surface area contributed by atoms with Crippen LogP contribution in [0.15, 0.2) is 12.7 Å². The number of aliphatic hydroxyl groups excluding tert-OH is 1. The van der Waals surface area contributed by atoms with Crippen molar-refractivity contribution in [1.29, 1.82) is 0 Å². The Morgan fingerprint density at radius 2 is 2.57 bits per heavy atom. The number of hydrogen-bond acceptors (Lipinski definition) is 1. The van der Waals surface area contributed by atoms with E-state index in [0.717, 1.165) is 0 Å². The zero-order chi connectivity index (χ0) is 5.70. The maximum atomic E-state index is 8.31. The molecule has 0 fully saturated rings. The summed E-state index contributed by atoms with van der Waals surface area (Å²) in [5.41, 5.74) is 0. The molecule has 0 heterocycles. The molecule has 1 heteroatoms. The van der Waals surface area contributed by atoms with Crippen LogP contribution in [0.2, 0.25) is 0 Å². The lowest BCUT2D eigenvalue weighted by Gasteiger charge is -1.93. The van der Waals surface area contributed by atoms with Crippen LogP contribution in [0.5, 0.6) is 0 Å². The molecule has 0 rings (SSSR count). The quantitative estimate of drug-likeness (QED) is 0.390. The minimum absolute atomic E-state index is 0. The third-order valence-corrected chi connectivity index (χ3v) is 0.695. The topological polar surface area (TPSA) is 20.2 Å². The summed E-state index contributed by atoms with van der Waals surface area (Å²) in [6, 6.07) is 0. The first kappa shape index (κ1) is 6.26. The van der Waals surface area contributed by atoms with Crippen molar-refractivity contribution in [2.75, 3.05) is 6.61 Å². The van der Waals surface area contributed by atoms with Gasteiger partial charge in [-0.2, -0.15) is 0 Å². The molecule has 0 aliphatic rings. The summed E-state index contributed by atoms with van der Waals surface area (Å²) in [6.07, 6.45) is 6.45. The van der Waals surface area contributed by atoms with E-state index < -0.39 is 0 Å². The third-order valence-electron chi connectivity index (χ3n) is 0.695. The molecule has 0 aliphatic heterocycles. The Kier molecular flexibility index (Phi) is 3.09. The summed E-state index contributed by atoms with van der Waals surface area (Å²) in [4.78, 5) is 0. The van der Waals surface area contributed by atoms with Crippen LogP contribution < -0.4 is 0 Å². The molecule has 0 aromatic heterocycles. The summed E-state index contributed by atoms with van der Waals surface area (Å²) in [7, 11) is 0. The summed E-state index contributed by atoms with van der Waals surface area (Å²) < 4.78 is 0. The van der Waals surface area contributed by atoms with E-state index in [2.05, 4.69) is 12.5 Å². The second-order valence-electron chi connectivity index (χ2n) is 1.19. The molecule has 0 amide bonds. The average molecular weight is 96.1 g/mol. The Balaban J connectivity index is 3.43. The standard InChI is InChI=1S/C6H8O/c1-3-6(4-2)5-7/h1,4,6-7H,2,5H2. The van der Waals surface area contributed by atoms with Crippen LogP contribution in [0, 0.1) is 18.3 Å². The van der Waals surface area contributed by atoms with Crippen molar-refractivity contribution in [1.82, 2.24) is 0 Å². The fraction of sp³-hybridized carbons (Fsp3) is 0.333. The van der Waals surface area contributed by atoms with E-state index in [4.69, 9.17) is 11.5 Å². The van der Waals surface area contributed by atoms with E-state index in [9.17, 15) is 0 Å². The van der Waals surface area contributed by atoms with Gasteiger partial charge in [-0.15, -0.1) is 13.0 Å². The molecule has 0 aromatic rings. The van der Waals surface area contributed by atoms with Gasteiger partial charge in [0.25, 0.3) is 0 Å². The predicted octanol–water partition coefficient (Wildman–Crippen LogP) is 0.414. The molecule has 0 radical (unpaired) electrons. The zero-order valence-electron chi connectivity index (χ0n) is 4.09. The molecule has 0 saturated carbocycles. The largest absolute Gasteiger partial charge is 0.395 e. The number of terminal acetylenes is 1. The van der Waals surface area contributed by atoms with Crippen molar-refractivity contribution in [2.24, 2.45) is 5.92 Å². The van der Waals surface area contributed by atoms with E-state index in [1.165, 1.54) is 0 Å². The van der Waals surface area contributed by atoms with Gasteiger partial charge in [-0.05, 0) is 0 Å². The Labute approximate surface area is 43.7 Å². The van der Waals surface area contributed by atoms with E-state index in [1.807, 2.05) is 0 Å². The molecule has 1 N–H and O–H groups in total. The monoisotopic (exact) mass is 96.1 g/mol. The smallest absolute Gasteiger partial charge is 0.0608 e. The van der Waals surface area contributed by atoms with Crippen LogP contribution in [-0.2, 0) is 0 Å². The van der Waals surface area contributed by atoms with Crippen molar-refractivity contribution in [3.63, 3.8) is 0 Å². The van der Waals surface area contributed by atoms with Crippen molar-refractivity contribution in [3.05, 3.63) is 12.7 Å². The number of aliphatic hydroxyl groups is 1. The highest BCUT2D eigenvalue weighted by Crippen LogP contribution is 1.89. The van der Waals surface area contributed by atoms with Crippen LogP contribution in [0.1, 0.15) is 0 Å². The van der Waals surface area contributed by atoms with Crippen molar-refractivity contribution < 1.29 is 5.11 Å². The van der Waals surface area contributed by atoms with Gasteiger partial charge in [0.05, 0.1) is 12.5 Å². The van der Waals surface area contributed by atoms with E-state index in [-0.39, 0.29) is 12.5 Å². The first-order valence-electron chi connectivity index (χ1n) is 2.04. The lowest BCUT2D eigenvalue weighted by molar-refractivity contribution is 0.278. The molecule has 1 unspecified atom stereocenters. The predicted molar refractivity (Wildman–Crippen MR) is 29.6 cm³/mol. The van der Waals surface area contributed by atoms with Gasteiger partial charge in [0, 0.05) is 0 Å².